The highest BCUT2D eigenvalue weighted by molar-refractivity contribution is 9.10. The summed E-state index contributed by atoms with van der Waals surface area (Å²) in [6.45, 7) is 0. The minimum absolute atomic E-state index is 0.215. The molecule has 2 aromatic rings. The maximum absolute atomic E-state index is 12.1. The first kappa shape index (κ1) is 15.1. The van der Waals surface area contributed by atoms with E-state index in [4.69, 9.17) is 22.1 Å². The van der Waals surface area contributed by atoms with E-state index in [0.717, 1.165) is 0 Å². The number of halogens is 2. The second kappa shape index (κ2) is 6.41. The molecule has 1 N–H and O–H groups in total. The van der Waals surface area contributed by atoms with Gasteiger partial charge in [0.25, 0.3) is 5.91 Å². The van der Waals surface area contributed by atoms with E-state index in [9.17, 15) is 4.79 Å². The van der Waals surface area contributed by atoms with Crippen molar-refractivity contribution in [3.63, 3.8) is 0 Å². The van der Waals surface area contributed by atoms with E-state index < -0.39 is 0 Å². The molecule has 0 aliphatic carbocycles. The Balaban J connectivity index is 2.26. The van der Waals surface area contributed by atoms with Crippen LogP contribution in [-0.2, 0) is 0 Å². The molecule has 1 amide bonds. The summed E-state index contributed by atoms with van der Waals surface area (Å²) in [4.78, 5) is 12.1. The Kier molecular flexibility index (Phi) is 4.59. The Labute approximate surface area is 134 Å². The third-order valence-corrected chi connectivity index (χ3v) is 3.91. The summed E-state index contributed by atoms with van der Waals surface area (Å²) in [5, 5.41) is 21.0. The Bertz CT molecular complexity index is 806. The van der Waals surface area contributed by atoms with Gasteiger partial charge in [0.05, 0.1) is 16.1 Å². The van der Waals surface area contributed by atoms with Crippen molar-refractivity contribution in [2.75, 3.05) is 5.32 Å². The minimum Gasteiger partial charge on any atom is -0.322 e. The first-order chi connectivity index (χ1) is 10.0. The Hall–Kier alpha value is -2.34. The molecule has 0 aromatic heterocycles. The lowest BCUT2D eigenvalue weighted by atomic mass is 10.1. The summed E-state index contributed by atoms with van der Waals surface area (Å²) < 4.78 is 0.620. The Morgan fingerprint density at radius 2 is 1.81 bits per heavy atom. The van der Waals surface area contributed by atoms with E-state index in [1.807, 2.05) is 12.1 Å². The summed E-state index contributed by atoms with van der Waals surface area (Å²) >= 11 is 9.12. The molecule has 2 rings (SSSR count). The zero-order chi connectivity index (χ0) is 15.4. The molecule has 0 fully saturated rings. The number of nitrogens with zero attached hydrogens (tertiary/aromatic N) is 2. The van der Waals surface area contributed by atoms with E-state index in [-0.39, 0.29) is 17.0 Å². The number of nitrogens with one attached hydrogen (secondary N) is 1. The van der Waals surface area contributed by atoms with E-state index in [2.05, 4.69) is 21.2 Å². The first-order valence-corrected chi connectivity index (χ1v) is 6.93. The van der Waals surface area contributed by atoms with Gasteiger partial charge in [-0.05, 0) is 52.3 Å². The predicted octanol–water partition coefficient (Wildman–Crippen LogP) is 4.10. The fourth-order valence-electron chi connectivity index (χ4n) is 1.65. The maximum atomic E-state index is 12.1. The standard InChI is InChI=1S/C15H7BrClN3O/c16-13-6-9(2-4-14(13)17)15(21)20-12-3-1-10(7-18)11(5-12)8-19/h1-6H,(H,20,21). The monoisotopic (exact) mass is 359 g/mol. The lowest BCUT2D eigenvalue weighted by Crippen LogP contribution is -2.12. The van der Waals surface area contributed by atoms with Crippen LogP contribution in [0.25, 0.3) is 0 Å². The molecule has 0 atom stereocenters. The van der Waals surface area contributed by atoms with Gasteiger partial charge < -0.3 is 5.32 Å². The summed E-state index contributed by atoms with van der Waals surface area (Å²) in [5.41, 5.74) is 1.35. The average Bonchev–Trinajstić information content (AvgIpc) is 2.49. The zero-order valence-corrected chi connectivity index (χ0v) is 12.9. The van der Waals surface area contributed by atoms with Gasteiger partial charge >= 0.3 is 0 Å². The number of carbonyl (C=O) groups is 1. The van der Waals surface area contributed by atoms with Gasteiger partial charge in [-0.2, -0.15) is 10.5 Å². The third-order valence-electron chi connectivity index (χ3n) is 2.70. The number of hydrogen-bond donors (Lipinski definition) is 1. The predicted molar refractivity (Wildman–Crippen MR) is 83.0 cm³/mol. The highest BCUT2D eigenvalue weighted by atomic mass is 79.9. The third kappa shape index (κ3) is 3.41. The average molecular weight is 361 g/mol. The summed E-state index contributed by atoms with van der Waals surface area (Å²) in [7, 11) is 0. The highest BCUT2D eigenvalue weighted by Gasteiger charge is 2.10. The number of benzene rings is 2. The molecule has 0 aliphatic rings. The number of rotatable bonds is 2. The SMILES string of the molecule is N#Cc1ccc(NC(=O)c2ccc(Cl)c(Br)c2)cc1C#N. The molecule has 0 heterocycles. The van der Waals surface area contributed by atoms with Crippen LogP contribution in [0.1, 0.15) is 21.5 Å². The van der Waals surface area contributed by atoms with E-state index in [1.54, 1.807) is 24.3 Å². The molecule has 21 heavy (non-hydrogen) atoms. The van der Waals surface area contributed by atoms with Crippen molar-refractivity contribution in [3.8, 4) is 12.1 Å². The minimum atomic E-state index is -0.332. The van der Waals surface area contributed by atoms with E-state index in [0.29, 0.717) is 20.7 Å². The van der Waals surface area contributed by atoms with Crippen molar-refractivity contribution in [1.82, 2.24) is 0 Å². The number of amides is 1. The van der Waals surface area contributed by atoms with Crippen molar-refractivity contribution in [2.24, 2.45) is 0 Å². The number of hydrogen-bond acceptors (Lipinski definition) is 3. The second-order valence-electron chi connectivity index (χ2n) is 4.07. The lowest BCUT2D eigenvalue weighted by Gasteiger charge is -2.07. The molecule has 4 nitrogen and oxygen atoms in total. The smallest absolute Gasteiger partial charge is 0.255 e. The van der Waals surface area contributed by atoms with Crippen molar-refractivity contribution in [3.05, 3.63) is 62.6 Å². The molecule has 6 heteroatoms. The van der Waals surface area contributed by atoms with Crippen LogP contribution in [-0.4, -0.2) is 5.91 Å². The van der Waals surface area contributed by atoms with Crippen molar-refractivity contribution < 1.29 is 4.79 Å². The first-order valence-electron chi connectivity index (χ1n) is 5.76. The van der Waals surface area contributed by atoms with Crippen LogP contribution in [0, 0.1) is 22.7 Å². The largest absolute Gasteiger partial charge is 0.322 e. The quantitative estimate of drug-likeness (QED) is 0.876. The second-order valence-corrected chi connectivity index (χ2v) is 5.33. The maximum Gasteiger partial charge on any atom is 0.255 e. The van der Waals surface area contributed by atoms with Crippen molar-refractivity contribution in [2.45, 2.75) is 0 Å². The molecular weight excluding hydrogens is 354 g/mol. The number of anilines is 1. The van der Waals surface area contributed by atoms with E-state index >= 15 is 0 Å². The van der Waals surface area contributed by atoms with Gasteiger partial charge in [0.1, 0.15) is 12.1 Å². The summed E-state index contributed by atoms with van der Waals surface area (Å²) in [5.74, 6) is -0.332. The molecule has 0 radical (unpaired) electrons. The van der Waals surface area contributed by atoms with Crippen LogP contribution in [0.4, 0.5) is 5.69 Å². The fourth-order valence-corrected chi connectivity index (χ4v) is 2.15. The molecule has 0 unspecified atom stereocenters. The van der Waals surface area contributed by atoms with Gasteiger partial charge in [0.15, 0.2) is 0 Å². The molecule has 102 valence electrons. The highest BCUT2D eigenvalue weighted by Crippen LogP contribution is 2.24. The molecular formula is C15H7BrClN3O. The number of nitriles is 2. The fraction of sp³-hybridized carbons (Fsp3) is 0. The van der Waals surface area contributed by atoms with Gasteiger partial charge in [-0.1, -0.05) is 11.6 Å². The van der Waals surface area contributed by atoms with Gasteiger partial charge in [0, 0.05) is 15.7 Å². The van der Waals surface area contributed by atoms with Crippen LogP contribution in [0.5, 0.6) is 0 Å². The molecule has 0 saturated carbocycles. The van der Waals surface area contributed by atoms with Crippen LogP contribution in [0.15, 0.2) is 40.9 Å². The summed E-state index contributed by atoms with van der Waals surface area (Å²) in [6, 6.07) is 13.2. The topological polar surface area (TPSA) is 76.7 Å². The number of carbonyl (C=O) groups excluding carboxylic acids is 1. The Morgan fingerprint density at radius 3 is 2.43 bits per heavy atom. The summed E-state index contributed by atoms with van der Waals surface area (Å²) in [6.07, 6.45) is 0. The molecule has 0 spiro atoms. The van der Waals surface area contributed by atoms with Gasteiger partial charge in [0.2, 0.25) is 0 Å². The van der Waals surface area contributed by atoms with Gasteiger partial charge in [-0.3, -0.25) is 4.79 Å². The molecule has 0 bridgehead atoms. The van der Waals surface area contributed by atoms with Crippen LogP contribution in [0.2, 0.25) is 5.02 Å². The van der Waals surface area contributed by atoms with Crippen LogP contribution >= 0.6 is 27.5 Å². The molecule has 0 aliphatic heterocycles. The van der Waals surface area contributed by atoms with Crippen LogP contribution in [0.3, 0.4) is 0 Å². The molecule has 2 aromatic carbocycles. The Morgan fingerprint density at radius 1 is 1.10 bits per heavy atom. The van der Waals surface area contributed by atoms with Gasteiger partial charge in [-0.25, -0.2) is 0 Å². The van der Waals surface area contributed by atoms with Gasteiger partial charge in [-0.15, -0.1) is 0 Å². The van der Waals surface area contributed by atoms with Crippen molar-refractivity contribution in [1.29, 1.82) is 10.5 Å². The lowest BCUT2D eigenvalue weighted by molar-refractivity contribution is 0.102. The van der Waals surface area contributed by atoms with E-state index in [1.165, 1.54) is 12.1 Å². The van der Waals surface area contributed by atoms with Crippen molar-refractivity contribution >= 4 is 39.1 Å². The van der Waals surface area contributed by atoms with Crippen LogP contribution < -0.4 is 5.32 Å². The zero-order valence-electron chi connectivity index (χ0n) is 10.5. The normalized spacial score (nSPS) is 9.52. The molecule has 0 saturated heterocycles.